The number of methoxy groups -OCH3 is 1. The lowest BCUT2D eigenvalue weighted by molar-refractivity contribution is -0.142. The normalized spacial score (nSPS) is 20.0. The van der Waals surface area contributed by atoms with Gasteiger partial charge in [-0.3, -0.25) is 13.9 Å². The number of rotatable bonds is 6. The molecule has 0 aromatic heterocycles. The summed E-state index contributed by atoms with van der Waals surface area (Å²) in [5.41, 5.74) is 1.88. The van der Waals surface area contributed by atoms with Gasteiger partial charge in [0, 0.05) is 10.9 Å². The highest BCUT2D eigenvalue weighted by Crippen LogP contribution is 2.43. The number of sulfonamides is 1. The Bertz CT molecular complexity index is 1270. The maximum Gasteiger partial charge on any atom is 0.305 e. The molecule has 36 heavy (non-hydrogen) atoms. The van der Waals surface area contributed by atoms with Crippen molar-refractivity contribution in [3.63, 3.8) is 0 Å². The Kier molecular flexibility index (Phi) is 7.64. The fourth-order valence-corrected chi connectivity index (χ4v) is 7.48. The number of anilines is 2. The molecule has 0 bridgehead atoms. The van der Waals surface area contributed by atoms with E-state index in [4.69, 9.17) is 16.3 Å². The summed E-state index contributed by atoms with van der Waals surface area (Å²) in [4.78, 5) is 28.5. The maximum atomic E-state index is 14.4. The van der Waals surface area contributed by atoms with Crippen molar-refractivity contribution >= 4 is 44.9 Å². The van der Waals surface area contributed by atoms with Gasteiger partial charge in [-0.25, -0.2) is 8.42 Å². The number of nitrogens with zero attached hydrogens (tertiary/aromatic N) is 2. The molecule has 4 rings (SSSR count). The van der Waals surface area contributed by atoms with Crippen molar-refractivity contribution < 1.29 is 22.7 Å². The van der Waals surface area contributed by atoms with Crippen LogP contribution in [-0.4, -0.2) is 58.5 Å². The van der Waals surface area contributed by atoms with Gasteiger partial charge in [0.1, 0.15) is 6.04 Å². The predicted octanol–water partition coefficient (Wildman–Crippen LogP) is 3.99. The van der Waals surface area contributed by atoms with E-state index in [2.05, 4.69) is 10.2 Å². The number of esters is 1. The fraction of sp³-hybridized carbons (Fsp3) is 0.462. The first-order chi connectivity index (χ1) is 17.0. The largest absolute Gasteiger partial charge is 0.469 e. The highest BCUT2D eigenvalue weighted by molar-refractivity contribution is 7.93. The van der Waals surface area contributed by atoms with Crippen LogP contribution in [0.25, 0.3) is 0 Å². The molecule has 0 radical (unpaired) electrons. The number of benzene rings is 2. The zero-order valence-electron chi connectivity index (χ0n) is 21.0. The van der Waals surface area contributed by atoms with Crippen molar-refractivity contribution in [3.05, 3.63) is 52.5 Å². The lowest BCUT2D eigenvalue weighted by Crippen LogP contribution is -2.57. The Balaban J connectivity index is 1.90. The first-order valence-electron chi connectivity index (χ1n) is 12.0. The highest BCUT2D eigenvalue weighted by Gasteiger charge is 2.48. The van der Waals surface area contributed by atoms with E-state index in [0.29, 0.717) is 27.5 Å². The summed E-state index contributed by atoms with van der Waals surface area (Å²) >= 11 is 6.26. The summed E-state index contributed by atoms with van der Waals surface area (Å²) in [7, 11) is -0.884. The molecule has 2 atom stereocenters. The Hall–Kier alpha value is -2.62. The van der Waals surface area contributed by atoms with Crippen LogP contribution in [0.5, 0.6) is 0 Å². The van der Waals surface area contributed by atoms with Crippen LogP contribution in [0.4, 0.5) is 11.4 Å². The maximum absolute atomic E-state index is 14.4. The second-order valence-corrected chi connectivity index (χ2v) is 11.9. The molecule has 2 aliphatic rings. The van der Waals surface area contributed by atoms with E-state index < -0.39 is 33.9 Å². The third-order valence-corrected chi connectivity index (χ3v) is 9.66. The van der Waals surface area contributed by atoms with Crippen LogP contribution in [-0.2, 0) is 24.3 Å². The molecule has 1 fully saturated rings. The summed E-state index contributed by atoms with van der Waals surface area (Å²) < 4.78 is 34.9. The number of aryl methyl sites for hydroxylation is 2. The molecular weight excluding hydrogens is 502 g/mol. The minimum absolute atomic E-state index is 0.0351. The van der Waals surface area contributed by atoms with Gasteiger partial charge in [-0.1, -0.05) is 23.7 Å². The summed E-state index contributed by atoms with van der Waals surface area (Å²) in [6.07, 6.45) is 1.43. The Morgan fingerprint density at radius 2 is 1.83 bits per heavy atom. The highest BCUT2D eigenvalue weighted by atomic mass is 35.5. The van der Waals surface area contributed by atoms with Gasteiger partial charge in [0.2, 0.25) is 5.91 Å². The molecule has 0 aliphatic carbocycles. The molecule has 1 saturated heterocycles. The van der Waals surface area contributed by atoms with Crippen molar-refractivity contribution in [2.75, 3.05) is 36.9 Å². The Morgan fingerprint density at radius 1 is 1.17 bits per heavy atom. The molecule has 2 heterocycles. The average molecular weight is 534 g/mol. The smallest absolute Gasteiger partial charge is 0.305 e. The van der Waals surface area contributed by atoms with Crippen LogP contribution >= 0.6 is 11.6 Å². The number of nitrogens with one attached hydrogen (secondary N) is 1. The monoisotopic (exact) mass is 533 g/mol. The average Bonchev–Trinajstić information content (AvgIpc) is 2.84. The number of likely N-dealkylation sites (tertiary alicyclic amines) is 1. The van der Waals surface area contributed by atoms with Crippen LogP contribution in [0.2, 0.25) is 5.02 Å². The van der Waals surface area contributed by atoms with Crippen molar-refractivity contribution in [2.24, 2.45) is 11.8 Å². The summed E-state index contributed by atoms with van der Waals surface area (Å²) in [6.45, 7) is 5.03. The molecule has 0 spiro atoms. The van der Waals surface area contributed by atoms with Crippen molar-refractivity contribution in [3.8, 4) is 0 Å². The molecule has 2 aromatic rings. The molecule has 2 aromatic carbocycles. The summed E-state index contributed by atoms with van der Waals surface area (Å²) in [5, 5.41) is 3.36. The molecule has 8 nitrogen and oxygen atoms in total. The van der Waals surface area contributed by atoms with Crippen molar-refractivity contribution in [1.29, 1.82) is 0 Å². The third-order valence-electron chi connectivity index (χ3n) is 7.32. The number of piperidine rings is 1. The molecule has 10 heteroatoms. The predicted molar refractivity (Wildman–Crippen MR) is 140 cm³/mol. The number of ether oxygens (including phenoxy) is 1. The molecule has 1 unspecified atom stereocenters. The van der Waals surface area contributed by atoms with Gasteiger partial charge in [0.05, 0.1) is 29.8 Å². The van der Waals surface area contributed by atoms with Gasteiger partial charge in [0.15, 0.2) is 0 Å². The molecule has 0 saturated carbocycles. The lowest BCUT2D eigenvalue weighted by atomic mass is 9.77. The first-order valence-corrected chi connectivity index (χ1v) is 13.8. The van der Waals surface area contributed by atoms with Gasteiger partial charge in [0.25, 0.3) is 10.0 Å². The fourth-order valence-electron chi connectivity index (χ4n) is 5.29. The van der Waals surface area contributed by atoms with Crippen LogP contribution < -0.4 is 9.62 Å². The van der Waals surface area contributed by atoms with E-state index in [1.807, 2.05) is 7.05 Å². The first kappa shape index (κ1) is 26.4. The van der Waals surface area contributed by atoms with Gasteiger partial charge < -0.3 is 15.0 Å². The molecular formula is C26H32ClN3O5S. The van der Waals surface area contributed by atoms with E-state index in [1.54, 1.807) is 50.2 Å². The summed E-state index contributed by atoms with van der Waals surface area (Å²) in [6, 6.07) is 8.89. The molecule has 1 amide bonds. The number of amides is 1. The quantitative estimate of drug-likeness (QED) is 0.564. The van der Waals surface area contributed by atoms with E-state index in [-0.39, 0.29) is 17.2 Å². The van der Waals surface area contributed by atoms with Crippen molar-refractivity contribution in [1.82, 2.24) is 4.90 Å². The number of para-hydroxylation sites is 2. The molecule has 2 aliphatic heterocycles. The van der Waals surface area contributed by atoms with Gasteiger partial charge in [-0.15, -0.1) is 0 Å². The Labute approximate surface area is 217 Å². The van der Waals surface area contributed by atoms with Crippen LogP contribution in [0, 0.1) is 25.7 Å². The van der Waals surface area contributed by atoms with E-state index >= 15 is 0 Å². The number of hydrogen-bond donors (Lipinski definition) is 1. The zero-order chi connectivity index (χ0) is 26.2. The van der Waals surface area contributed by atoms with Crippen LogP contribution in [0.3, 0.4) is 0 Å². The minimum atomic E-state index is -4.21. The van der Waals surface area contributed by atoms with E-state index in [9.17, 15) is 18.0 Å². The lowest BCUT2D eigenvalue weighted by Gasteiger charge is -2.44. The van der Waals surface area contributed by atoms with Crippen LogP contribution in [0.1, 0.15) is 30.4 Å². The standard InChI is InChI=1S/C26H32ClN3O5S/c1-16-14-23(17(2)13-20(16)27)36(33,34)30-22-8-6-5-7-21(22)28-26(32)25(30)19(15-24(31)35-4)18-9-11-29(3)12-10-18/h5-8,13-14,18-19,25H,9-12,15H2,1-4H3,(H,28,32)/t19?,25-/m1/s1. The zero-order valence-corrected chi connectivity index (χ0v) is 22.5. The van der Waals surface area contributed by atoms with E-state index in [1.165, 1.54) is 11.4 Å². The molecule has 1 N–H and O–H groups in total. The third kappa shape index (κ3) is 4.96. The SMILES string of the molecule is COC(=O)CC(C1CCN(C)CC1)[C@@H]1C(=O)Nc2ccccc2N1S(=O)(=O)c1cc(C)c(Cl)cc1C. The van der Waals surface area contributed by atoms with Gasteiger partial charge >= 0.3 is 5.97 Å². The molecule has 194 valence electrons. The van der Waals surface area contributed by atoms with Gasteiger partial charge in [-0.05, 0) is 88.1 Å². The van der Waals surface area contributed by atoms with Crippen LogP contribution in [0.15, 0.2) is 41.3 Å². The second kappa shape index (κ2) is 10.4. The van der Waals surface area contributed by atoms with E-state index in [0.717, 1.165) is 25.9 Å². The number of carbonyl (C=O) groups excluding carboxylic acids is 2. The Morgan fingerprint density at radius 3 is 2.50 bits per heavy atom. The number of carbonyl (C=O) groups is 2. The topological polar surface area (TPSA) is 96.0 Å². The number of halogens is 1. The second-order valence-electron chi connectivity index (χ2n) is 9.70. The number of fused-ring (bicyclic) bond motifs is 1. The minimum Gasteiger partial charge on any atom is -0.469 e. The number of hydrogen-bond acceptors (Lipinski definition) is 6. The summed E-state index contributed by atoms with van der Waals surface area (Å²) in [5.74, 6) is -1.52. The van der Waals surface area contributed by atoms with Crippen molar-refractivity contribution in [2.45, 2.75) is 44.0 Å². The van der Waals surface area contributed by atoms with Gasteiger partial charge in [-0.2, -0.15) is 0 Å².